The number of carbonyl (C=O) groups excluding carboxylic acids is 2. The fourth-order valence-electron chi connectivity index (χ4n) is 8.42. The number of hydrogen-bond acceptors (Lipinski definition) is 21. The maximum Gasteiger partial charge on any atom is 0.292 e. The van der Waals surface area contributed by atoms with E-state index in [0.717, 1.165) is 39.1 Å². The van der Waals surface area contributed by atoms with E-state index in [1.807, 2.05) is 143 Å². The molecule has 0 radical (unpaired) electrons. The molecule has 103 heavy (non-hydrogen) atoms. The van der Waals surface area contributed by atoms with Crippen LogP contribution in [0.5, 0.6) is 23.0 Å². The average molecular weight is 1470 g/mol. The van der Waals surface area contributed by atoms with Crippen molar-refractivity contribution in [1.82, 2.24) is 19.6 Å². The molecule has 0 bridgehead atoms. The van der Waals surface area contributed by atoms with Crippen molar-refractivity contribution in [2.24, 2.45) is 0 Å². The highest BCUT2D eigenvalue weighted by Gasteiger charge is 2.19. The van der Waals surface area contributed by atoms with Gasteiger partial charge in [0.1, 0.15) is 17.1 Å². The molecule has 8 aromatic carbocycles. The minimum atomic E-state index is -0.532. The van der Waals surface area contributed by atoms with E-state index < -0.39 is 20.7 Å². The number of hydrogen-bond donors (Lipinski definition) is 7. The monoisotopic (exact) mass is 1460 g/mol. The van der Waals surface area contributed by atoms with Crippen molar-refractivity contribution >= 4 is 84.6 Å². The van der Waals surface area contributed by atoms with Crippen LogP contribution in [0.1, 0.15) is 48.5 Å². The number of terminal acetylenes is 1. The van der Waals surface area contributed by atoms with Crippen LogP contribution in [0.4, 0.5) is 56.9 Å². The summed E-state index contributed by atoms with van der Waals surface area (Å²) in [7, 11) is 21.8. The molecule has 0 aliphatic rings. The molecule has 0 aromatic heterocycles. The van der Waals surface area contributed by atoms with Crippen LogP contribution in [0.3, 0.4) is 0 Å². The van der Waals surface area contributed by atoms with E-state index in [-0.39, 0.29) is 40.0 Å². The standard InChI is InChI=1S/C27H28N4O5.C27H30N4O3.C11H13N3O2.C6H5BrN2O2.C5H9N/c1-30(2)15-5-6-19-9-13-24(31(33)34)23(16-19)29-27(32)21-10-7-20(8-11-21)18-28-22-12-14-25(35-3)26(17-22)36-4;1-31(2)15-5-6-19-9-13-23(28)24(16-19)30-27(32)21-10-7-20(8-11-21)18-29-22-12-14-25(33-3)26(17-22)34-4;1-13(2)7-3-4-9-5-6-11(14(15)16)10(12)8-9;7-4-1-2-6(9(10)11)5(8)3-4;1-4-5-6(2)3/h7-14,16-17,28H,15,18H2,1-4H3,(H,29,32);7-14,16-17,29H,15,18,28H2,1-4H3,(H,30,32);5-6,8H,7,12H2,1-2H3;1-3H,8H2;1H,5H2,2-3H3. The van der Waals surface area contributed by atoms with Crippen LogP contribution in [0.25, 0.3) is 0 Å². The number of nitro groups is 3. The summed E-state index contributed by atoms with van der Waals surface area (Å²) in [6.07, 6.45) is 4.94. The van der Waals surface area contributed by atoms with Crippen LogP contribution in [0, 0.1) is 78.2 Å². The lowest BCUT2D eigenvalue weighted by Gasteiger charge is -2.12. The van der Waals surface area contributed by atoms with Gasteiger partial charge in [0.25, 0.3) is 28.9 Å². The topological polar surface area (TPSA) is 340 Å². The number of carbonyl (C=O) groups is 2. The van der Waals surface area contributed by atoms with Crippen molar-refractivity contribution in [1.29, 1.82) is 0 Å². The lowest BCUT2D eigenvalue weighted by molar-refractivity contribution is -0.384. The molecule has 0 aliphatic heterocycles. The molecule has 0 unspecified atom stereocenters. The van der Waals surface area contributed by atoms with Gasteiger partial charge in [-0.15, -0.1) is 6.42 Å². The summed E-state index contributed by atoms with van der Waals surface area (Å²) in [4.78, 5) is 64.0. The second-order valence-corrected chi connectivity index (χ2v) is 23.9. The predicted molar refractivity (Wildman–Crippen MR) is 413 cm³/mol. The van der Waals surface area contributed by atoms with Gasteiger partial charge in [-0.2, -0.15) is 0 Å². The number of halogens is 1. The van der Waals surface area contributed by atoms with E-state index in [9.17, 15) is 39.9 Å². The van der Waals surface area contributed by atoms with Crippen molar-refractivity contribution in [2.75, 3.05) is 149 Å². The Hall–Kier alpha value is -12.3. The zero-order valence-corrected chi connectivity index (χ0v) is 61.1. The Labute approximate surface area is 609 Å². The largest absolute Gasteiger partial charge is 0.493 e. The maximum absolute atomic E-state index is 12.8. The van der Waals surface area contributed by atoms with Crippen LogP contribution in [-0.2, 0) is 13.1 Å². The number of nitrogens with two attached hydrogens (primary N) is 3. The minimum Gasteiger partial charge on any atom is -0.493 e. The van der Waals surface area contributed by atoms with E-state index in [1.165, 1.54) is 36.4 Å². The summed E-state index contributed by atoms with van der Waals surface area (Å²) < 4.78 is 21.9. The molecule has 0 heterocycles. The van der Waals surface area contributed by atoms with Crippen molar-refractivity contribution in [3.8, 4) is 70.9 Å². The van der Waals surface area contributed by atoms with E-state index in [0.29, 0.717) is 89.4 Å². The molecular formula is C76H85BrN14O12. The smallest absolute Gasteiger partial charge is 0.292 e. The number of amides is 2. The average Bonchev–Trinajstić information content (AvgIpc) is 0.853. The van der Waals surface area contributed by atoms with Gasteiger partial charge in [-0.25, -0.2) is 0 Å². The van der Waals surface area contributed by atoms with E-state index in [2.05, 4.69) is 78.6 Å². The Morgan fingerprint density at radius 2 is 0.796 bits per heavy atom. The number of nitrogens with one attached hydrogen (secondary N) is 4. The minimum absolute atomic E-state index is 0.0619. The van der Waals surface area contributed by atoms with Crippen LogP contribution in [-0.4, -0.2) is 157 Å². The molecule has 0 saturated heterocycles. The van der Waals surface area contributed by atoms with Gasteiger partial charge < -0.3 is 57.4 Å². The van der Waals surface area contributed by atoms with Gasteiger partial charge in [0.05, 0.1) is 80.8 Å². The van der Waals surface area contributed by atoms with Crippen molar-refractivity contribution in [2.45, 2.75) is 13.1 Å². The Kier molecular flexibility index (Phi) is 34.9. The number of methoxy groups -OCH3 is 4. The second kappa shape index (κ2) is 43.2. The lowest BCUT2D eigenvalue weighted by Crippen LogP contribution is -2.13. The van der Waals surface area contributed by atoms with Gasteiger partial charge in [-0.05, 0) is 171 Å². The molecule has 0 saturated carbocycles. The maximum atomic E-state index is 12.8. The Morgan fingerprint density at radius 3 is 1.16 bits per heavy atom. The van der Waals surface area contributed by atoms with Gasteiger partial charge in [0.2, 0.25) is 0 Å². The summed E-state index contributed by atoms with van der Waals surface area (Å²) in [6, 6.07) is 44.3. The van der Waals surface area contributed by atoms with Gasteiger partial charge in [-0.3, -0.25) is 59.5 Å². The number of nitro benzene ring substituents is 3. The highest BCUT2D eigenvalue weighted by atomic mass is 79.9. The quantitative estimate of drug-likeness (QED) is 0.0152. The first kappa shape index (κ1) is 83.1. The molecule has 10 N–H and O–H groups in total. The van der Waals surface area contributed by atoms with Gasteiger partial charge in [0, 0.05) is 87.1 Å². The van der Waals surface area contributed by atoms with E-state index in [4.69, 9.17) is 42.6 Å². The zero-order chi connectivity index (χ0) is 76.1. The van der Waals surface area contributed by atoms with E-state index in [1.54, 1.807) is 83.0 Å². The molecule has 2 amide bonds. The van der Waals surface area contributed by atoms with Gasteiger partial charge in [-0.1, -0.05) is 81.6 Å². The number of nitrogen functional groups attached to an aromatic ring is 3. The van der Waals surface area contributed by atoms with Crippen molar-refractivity contribution in [3.05, 3.63) is 231 Å². The second-order valence-electron chi connectivity index (χ2n) is 23.0. The highest BCUT2D eigenvalue weighted by molar-refractivity contribution is 9.10. The van der Waals surface area contributed by atoms with Crippen molar-refractivity contribution < 1.29 is 43.3 Å². The zero-order valence-electron chi connectivity index (χ0n) is 59.5. The Morgan fingerprint density at radius 1 is 0.437 bits per heavy atom. The third-order valence-corrected chi connectivity index (χ3v) is 14.1. The fraction of sp³-hybridized carbons (Fsp3) is 0.237. The predicted octanol–water partition coefficient (Wildman–Crippen LogP) is 11.7. The first-order valence-corrected chi connectivity index (χ1v) is 32.0. The number of rotatable bonds is 21. The summed E-state index contributed by atoms with van der Waals surface area (Å²) in [5.41, 5.74) is 24.8. The van der Waals surface area contributed by atoms with Crippen molar-refractivity contribution in [3.63, 3.8) is 0 Å². The number of anilines is 7. The third kappa shape index (κ3) is 29.6. The number of benzene rings is 8. The van der Waals surface area contributed by atoms with Gasteiger partial charge >= 0.3 is 0 Å². The molecule has 8 aromatic rings. The van der Waals surface area contributed by atoms with Crippen LogP contribution in [0.2, 0.25) is 0 Å². The number of nitrogens with zero attached hydrogens (tertiary/aromatic N) is 7. The molecule has 0 fully saturated rings. The molecule has 0 aliphatic carbocycles. The summed E-state index contributed by atoms with van der Waals surface area (Å²) >= 11 is 3.14. The molecular weight excluding hydrogens is 1380 g/mol. The first-order valence-electron chi connectivity index (χ1n) is 31.2. The molecule has 0 atom stereocenters. The van der Waals surface area contributed by atoms with Gasteiger partial charge in [0.15, 0.2) is 23.0 Å². The molecule has 26 nitrogen and oxygen atoms in total. The lowest BCUT2D eigenvalue weighted by atomic mass is 10.1. The Bertz CT molecular complexity index is 4430. The molecule has 27 heteroatoms. The third-order valence-electron chi connectivity index (χ3n) is 13.6. The fourth-order valence-corrected chi connectivity index (χ4v) is 8.80. The highest BCUT2D eigenvalue weighted by Crippen LogP contribution is 2.32. The van der Waals surface area contributed by atoms with E-state index >= 15 is 0 Å². The normalized spacial score (nSPS) is 9.98. The molecule has 0 spiro atoms. The summed E-state index contributed by atoms with van der Waals surface area (Å²) in [5.74, 6) is 22.3. The summed E-state index contributed by atoms with van der Waals surface area (Å²) in [6.45, 7) is 3.69. The molecule has 8 rings (SSSR count). The Balaban J connectivity index is 0.000000306. The van der Waals surface area contributed by atoms with Crippen LogP contribution < -0.4 is 57.4 Å². The van der Waals surface area contributed by atoms with Crippen LogP contribution in [0.15, 0.2) is 162 Å². The number of ether oxygens (including phenoxy) is 4. The molecule has 538 valence electrons. The van der Waals surface area contributed by atoms with Crippen LogP contribution >= 0.6 is 15.9 Å². The first-order chi connectivity index (χ1) is 49.1. The summed E-state index contributed by atoms with van der Waals surface area (Å²) in [5, 5.41) is 44.4. The SMILES string of the molecule is C#CCN(C)C.CN(C)CC#Cc1ccc([N+](=O)[O-])c(N)c1.COc1ccc(NCc2ccc(C(=O)Nc3cc(C#CCN(C)C)ccc3N)cc2)cc1OC.COc1ccc(NCc2ccc(C(=O)Nc3cc(C#CCN(C)C)ccc3[N+](=O)[O-])cc2)cc1OC.Nc1cc(Br)ccc1[N+](=O)[O-].